The molecule has 4 rings (SSSR count). The van der Waals surface area contributed by atoms with E-state index in [1.165, 1.54) is 30.4 Å². The number of hydrogen-bond acceptors (Lipinski definition) is 3. The van der Waals surface area contributed by atoms with Crippen LogP contribution in [0.4, 0.5) is 0 Å². The molecule has 6 heteroatoms. The second-order valence-electron chi connectivity index (χ2n) is 8.92. The second-order valence-corrected chi connectivity index (χ2v) is 9.36. The first-order valence-electron chi connectivity index (χ1n) is 11.7. The predicted octanol–water partition coefficient (Wildman–Crippen LogP) is 4.49. The molecule has 2 aromatic rings. The molecule has 1 unspecified atom stereocenters. The van der Waals surface area contributed by atoms with Gasteiger partial charge in [0.05, 0.1) is 5.92 Å². The highest BCUT2D eigenvalue weighted by Gasteiger charge is 2.29. The minimum absolute atomic E-state index is 0.0337. The number of rotatable bonds is 6. The minimum atomic E-state index is -0.172. The summed E-state index contributed by atoms with van der Waals surface area (Å²) < 4.78 is 0. The molecule has 5 nitrogen and oxygen atoms in total. The number of amides is 2. The molecular formula is C26H32ClN3O2. The van der Waals surface area contributed by atoms with E-state index in [4.69, 9.17) is 11.6 Å². The molecule has 2 saturated heterocycles. The first kappa shape index (κ1) is 22.8. The van der Waals surface area contributed by atoms with Crippen LogP contribution in [-0.4, -0.2) is 47.8 Å². The van der Waals surface area contributed by atoms with Crippen molar-refractivity contribution in [3.05, 3.63) is 70.2 Å². The maximum absolute atomic E-state index is 12.9. The highest BCUT2D eigenvalue weighted by atomic mass is 35.5. The Bertz CT molecular complexity index is 925. The van der Waals surface area contributed by atoms with Crippen LogP contribution in [0.3, 0.4) is 0 Å². The number of nitrogens with one attached hydrogen (secondary N) is 1. The molecule has 1 N–H and O–H groups in total. The van der Waals surface area contributed by atoms with E-state index < -0.39 is 0 Å². The first-order chi connectivity index (χ1) is 15.6. The van der Waals surface area contributed by atoms with Crippen molar-refractivity contribution in [1.82, 2.24) is 15.1 Å². The third-order valence-corrected chi connectivity index (χ3v) is 6.84. The number of piperidine rings is 2. The van der Waals surface area contributed by atoms with Gasteiger partial charge in [0.2, 0.25) is 5.91 Å². The summed E-state index contributed by atoms with van der Waals surface area (Å²) in [7, 11) is 0. The Morgan fingerprint density at radius 2 is 1.62 bits per heavy atom. The smallest absolute Gasteiger partial charge is 0.253 e. The molecular weight excluding hydrogens is 422 g/mol. The molecule has 2 heterocycles. The van der Waals surface area contributed by atoms with Gasteiger partial charge in [-0.05, 0) is 74.2 Å². The monoisotopic (exact) mass is 453 g/mol. The molecule has 2 amide bonds. The van der Waals surface area contributed by atoms with E-state index in [1.54, 1.807) is 29.2 Å². The molecule has 2 fully saturated rings. The summed E-state index contributed by atoms with van der Waals surface area (Å²) in [5.41, 5.74) is 3.08. The largest absolute Gasteiger partial charge is 0.352 e. The van der Waals surface area contributed by atoms with Gasteiger partial charge in [-0.2, -0.15) is 0 Å². The molecule has 32 heavy (non-hydrogen) atoms. The van der Waals surface area contributed by atoms with Crippen molar-refractivity contribution in [2.75, 3.05) is 26.2 Å². The van der Waals surface area contributed by atoms with Gasteiger partial charge in [0.1, 0.15) is 0 Å². The second kappa shape index (κ2) is 11.0. The van der Waals surface area contributed by atoms with E-state index in [0.29, 0.717) is 30.2 Å². The molecule has 0 spiro atoms. The Kier molecular flexibility index (Phi) is 7.82. The number of hydrogen-bond donors (Lipinski definition) is 1. The number of carbonyl (C=O) groups excluding carboxylic acids is 2. The van der Waals surface area contributed by atoms with Crippen molar-refractivity contribution in [3.8, 4) is 0 Å². The first-order valence-corrected chi connectivity index (χ1v) is 12.1. The van der Waals surface area contributed by atoms with Crippen LogP contribution in [0.1, 0.15) is 53.6 Å². The summed E-state index contributed by atoms with van der Waals surface area (Å²) in [6, 6.07) is 15.3. The van der Waals surface area contributed by atoms with Crippen LogP contribution in [-0.2, 0) is 17.9 Å². The number of carbonyl (C=O) groups is 2. The number of nitrogens with zero attached hydrogens (tertiary/aromatic N) is 2. The van der Waals surface area contributed by atoms with Gasteiger partial charge in [0.25, 0.3) is 5.91 Å². The zero-order valence-corrected chi connectivity index (χ0v) is 19.3. The third-order valence-electron chi connectivity index (χ3n) is 6.58. The summed E-state index contributed by atoms with van der Waals surface area (Å²) in [6.45, 7) is 4.93. The normalized spacial score (nSPS) is 19.5. The SMILES string of the molecule is O=C(NCc1ccccc1CN1CCCCC1)C1CCCN(C(=O)c2ccc(Cl)cc2)C1. The van der Waals surface area contributed by atoms with Gasteiger partial charge >= 0.3 is 0 Å². The predicted molar refractivity (Wildman–Crippen MR) is 127 cm³/mol. The molecule has 1 atom stereocenters. The molecule has 0 bridgehead atoms. The van der Waals surface area contributed by atoms with Gasteiger partial charge in [-0.1, -0.05) is 42.3 Å². The lowest BCUT2D eigenvalue weighted by molar-refractivity contribution is -0.126. The Hall–Kier alpha value is -2.37. The van der Waals surface area contributed by atoms with Gasteiger partial charge < -0.3 is 10.2 Å². The van der Waals surface area contributed by atoms with Crippen LogP contribution in [0, 0.1) is 5.92 Å². The van der Waals surface area contributed by atoms with Crippen LogP contribution >= 0.6 is 11.6 Å². The lowest BCUT2D eigenvalue weighted by Crippen LogP contribution is -2.45. The molecule has 0 aliphatic carbocycles. The van der Waals surface area contributed by atoms with E-state index in [9.17, 15) is 9.59 Å². The Morgan fingerprint density at radius 3 is 2.38 bits per heavy atom. The molecule has 0 aromatic heterocycles. The van der Waals surface area contributed by atoms with Gasteiger partial charge in [-0.15, -0.1) is 0 Å². The average molecular weight is 454 g/mol. The fourth-order valence-corrected chi connectivity index (χ4v) is 4.85. The Morgan fingerprint density at radius 1 is 0.906 bits per heavy atom. The van der Waals surface area contributed by atoms with Crippen LogP contribution < -0.4 is 5.32 Å². The summed E-state index contributed by atoms with van der Waals surface area (Å²) in [5, 5.41) is 3.75. The van der Waals surface area contributed by atoms with Gasteiger partial charge in [-0.25, -0.2) is 0 Å². The van der Waals surface area contributed by atoms with Gasteiger partial charge in [-0.3, -0.25) is 14.5 Å². The fraction of sp³-hybridized carbons (Fsp3) is 0.462. The Labute approximate surface area is 195 Å². The number of benzene rings is 2. The average Bonchev–Trinajstić information content (AvgIpc) is 2.84. The lowest BCUT2D eigenvalue weighted by Gasteiger charge is -2.32. The number of halogens is 1. The lowest BCUT2D eigenvalue weighted by atomic mass is 9.96. The zero-order chi connectivity index (χ0) is 22.3. The van der Waals surface area contributed by atoms with Crippen LogP contribution in [0.15, 0.2) is 48.5 Å². The zero-order valence-electron chi connectivity index (χ0n) is 18.6. The van der Waals surface area contributed by atoms with E-state index in [1.807, 2.05) is 6.07 Å². The van der Waals surface area contributed by atoms with Gasteiger partial charge in [0.15, 0.2) is 0 Å². The summed E-state index contributed by atoms with van der Waals surface area (Å²) in [4.78, 5) is 30.1. The standard InChI is InChI=1S/C26H32ClN3O2/c27-24-12-10-20(11-13-24)26(32)30-16-6-9-23(19-30)25(31)28-17-21-7-2-3-8-22(21)18-29-14-4-1-5-15-29/h2-3,7-8,10-13,23H,1,4-6,9,14-19H2,(H,28,31). The van der Waals surface area contributed by atoms with E-state index in [0.717, 1.165) is 32.5 Å². The van der Waals surface area contributed by atoms with Crippen molar-refractivity contribution >= 4 is 23.4 Å². The molecule has 0 saturated carbocycles. The maximum Gasteiger partial charge on any atom is 0.253 e. The van der Waals surface area contributed by atoms with E-state index in [-0.39, 0.29) is 17.7 Å². The molecule has 2 aliphatic rings. The molecule has 2 aliphatic heterocycles. The van der Waals surface area contributed by atoms with Crippen molar-refractivity contribution in [2.45, 2.75) is 45.2 Å². The van der Waals surface area contributed by atoms with Crippen molar-refractivity contribution in [3.63, 3.8) is 0 Å². The third kappa shape index (κ3) is 5.90. The van der Waals surface area contributed by atoms with E-state index in [2.05, 4.69) is 28.4 Å². The van der Waals surface area contributed by atoms with Gasteiger partial charge in [0, 0.05) is 36.8 Å². The van der Waals surface area contributed by atoms with Crippen molar-refractivity contribution < 1.29 is 9.59 Å². The minimum Gasteiger partial charge on any atom is -0.352 e. The highest BCUT2D eigenvalue weighted by Crippen LogP contribution is 2.21. The van der Waals surface area contributed by atoms with E-state index >= 15 is 0 Å². The fourth-order valence-electron chi connectivity index (χ4n) is 4.72. The summed E-state index contributed by atoms with van der Waals surface area (Å²) in [5.74, 6) is -0.174. The number of likely N-dealkylation sites (tertiary alicyclic amines) is 2. The van der Waals surface area contributed by atoms with Crippen molar-refractivity contribution in [1.29, 1.82) is 0 Å². The molecule has 0 radical (unpaired) electrons. The van der Waals surface area contributed by atoms with Crippen LogP contribution in [0.25, 0.3) is 0 Å². The molecule has 170 valence electrons. The summed E-state index contributed by atoms with van der Waals surface area (Å²) in [6.07, 6.45) is 5.51. The highest BCUT2D eigenvalue weighted by molar-refractivity contribution is 6.30. The van der Waals surface area contributed by atoms with Crippen LogP contribution in [0.5, 0.6) is 0 Å². The van der Waals surface area contributed by atoms with Crippen molar-refractivity contribution in [2.24, 2.45) is 5.92 Å². The molecule has 2 aromatic carbocycles. The quantitative estimate of drug-likeness (QED) is 0.700. The summed E-state index contributed by atoms with van der Waals surface area (Å²) >= 11 is 5.94. The maximum atomic E-state index is 12.9. The van der Waals surface area contributed by atoms with Crippen LogP contribution in [0.2, 0.25) is 5.02 Å². The topological polar surface area (TPSA) is 52.7 Å². The Balaban J connectivity index is 1.33.